The fourth-order valence-corrected chi connectivity index (χ4v) is 4.70. The lowest BCUT2D eigenvalue weighted by molar-refractivity contribution is -0.384. The molecule has 38 heavy (non-hydrogen) atoms. The number of aromatic nitrogens is 3. The molecule has 0 aliphatic rings. The van der Waals surface area contributed by atoms with E-state index in [0.717, 1.165) is 16.9 Å². The maximum Gasteiger partial charge on any atom is 0.319 e. The van der Waals surface area contributed by atoms with Crippen LogP contribution in [0.4, 0.5) is 16.2 Å². The van der Waals surface area contributed by atoms with Gasteiger partial charge in [0.25, 0.3) is 5.69 Å². The predicted molar refractivity (Wildman–Crippen MR) is 147 cm³/mol. The van der Waals surface area contributed by atoms with Gasteiger partial charge in [0.15, 0.2) is 11.0 Å². The Morgan fingerprint density at radius 3 is 2.50 bits per heavy atom. The van der Waals surface area contributed by atoms with Gasteiger partial charge in [-0.2, -0.15) is 0 Å². The van der Waals surface area contributed by atoms with E-state index in [4.69, 9.17) is 4.74 Å². The number of amides is 2. The van der Waals surface area contributed by atoms with Gasteiger partial charge in [-0.05, 0) is 62.7 Å². The Balaban J connectivity index is 1.55. The summed E-state index contributed by atoms with van der Waals surface area (Å²) in [5, 5.41) is 26.2. The van der Waals surface area contributed by atoms with Gasteiger partial charge in [0, 0.05) is 29.3 Å². The second-order valence-corrected chi connectivity index (χ2v) is 9.45. The van der Waals surface area contributed by atoms with E-state index in [-0.39, 0.29) is 5.69 Å². The lowest BCUT2D eigenvalue weighted by Gasteiger charge is -2.17. The van der Waals surface area contributed by atoms with Gasteiger partial charge in [-0.25, -0.2) is 4.79 Å². The summed E-state index contributed by atoms with van der Waals surface area (Å²) in [5.74, 6) is 1.87. The van der Waals surface area contributed by atoms with Crippen LogP contribution < -0.4 is 15.4 Å². The number of hydrogen-bond acceptors (Lipinski definition) is 7. The van der Waals surface area contributed by atoms with Crippen molar-refractivity contribution in [3.05, 3.63) is 99.9 Å². The Hall–Kier alpha value is -4.38. The molecule has 10 nitrogen and oxygen atoms in total. The monoisotopic (exact) mass is 532 g/mol. The highest BCUT2D eigenvalue weighted by Gasteiger charge is 2.22. The van der Waals surface area contributed by atoms with Gasteiger partial charge in [0.2, 0.25) is 0 Å². The number of nitro benzene ring substituents is 1. The van der Waals surface area contributed by atoms with Crippen LogP contribution in [0.25, 0.3) is 5.69 Å². The van der Waals surface area contributed by atoms with Gasteiger partial charge in [0.05, 0.1) is 17.6 Å². The normalized spacial score (nSPS) is 11.6. The number of thioether (sulfide) groups is 1. The molecule has 0 saturated carbocycles. The van der Waals surface area contributed by atoms with Crippen molar-refractivity contribution in [1.29, 1.82) is 0 Å². The molecule has 4 rings (SSSR count). The number of nitrogens with one attached hydrogen (secondary N) is 2. The van der Waals surface area contributed by atoms with Crippen LogP contribution in [-0.2, 0) is 5.75 Å². The first-order chi connectivity index (χ1) is 18.3. The molecule has 196 valence electrons. The maximum atomic E-state index is 12.7. The second kappa shape index (κ2) is 12.2. The molecule has 3 aromatic carbocycles. The quantitative estimate of drug-likeness (QED) is 0.145. The Kier molecular flexibility index (Phi) is 8.59. The number of ether oxygens (including phenoxy) is 1. The van der Waals surface area contributed by atoms with Crippen LogP contribution in [0, 0.1) is 17.0 Å². The molecule has 1 aromatic heterocycles. The highest BCUT2D eigenvalue weighted by atomic mass is 32.2. The van der Waals surface area contributed by atoms with Crippen molar-refractivity contribution >= 4 is 29.2 Å². The lowest BCUT2D eigenvalue weighted by Crippen LogP contribution is -2.32. The van der Waals surface area contributed by atoms with Crippen LogP contribution in [0.3, 0.4) is 0 Å². The van der Waals surface area contributed by atoms with E-state index < -0.39 is 17.0 Å². The van der Waals surface area contributed by atoms with Crippen molar-refractivity contribution in [3.63, 3.8) is 0 Å². The summed E-state index contributed by atoms with van der Waals surface area (Å²) in [6, 6.07) is 20.5. The summed E-state index contributed by atoms with van der Waals surface area (Å²) in [6.07, 6.45) is 0. The second-order valence-electron chi connectivity index (χ2n) is 8.50. The molecular formula is C27H28N6O4S. The molecule has 0 radical (unpaired) electrons. The maximum absolute atomic E-state index is 12.7. The lowest BCUT2D eigenvalue weighted by atomic mass is 10.2. The first-order valence-corrected chi connectivity index (χ1v) is 13.0. The van der Waals surface area contributed by atoms with Gasteiger partial charge in [-0.15, -0.1) is 10.2 Å². The first kappa shape index (κ1) is 26.7. The molecule has 0 aliphatic heterocycles. The van der Waals surface area contributed by atoms with Gasteiger partial charge < -0.3 is 15.4 Å². The smallest absolute Gasteiger partial charge is 0.319 e. The summed E-state index contributed by atoms with van der Waals surface area (Å²) in [7, 11) is 0. The van der Waals surface area contributed by atoms with Crippen LogP contribution in [0.15, 0.2) is 78.0 Å². The molecule has 0 saturated heterocycles. The number of carbonyl (C=O) groups is 1. The molecule has 1 heterocycles. The van der Waals surface area contributed by atoms with Crippen LogP contribution in [0.1, 0.15) is 36.8 Å². The Bertz CT molecular complexity index is 1410. The van der Waals surface area contributed by atoms with Crippen molar-refractivity contribution in [2.24, 2.45) is 0 Å². The third-order valence-electron chi connectivity index (χ3n) is 5.59. The van der Waals surface area contributed by atoms with Crippen LogP contribution in [-0.4, -0.2) is 32.3 Å². The third kappa shape index (κ3) is 6.68. The zero-order chi connectivity index (χ0) is 27.1. The van der Waals surface area contributed by atoms with E-state index in [1.807, 2.05) is 36.6 Å². The molecule has 1 unspecified atom stereocenters. The fourth-order valence-electron chi connectivity index (χ4n) is 3.80. The molecule has 2 N–H and O–H groups in total. The number of anilines is 1. The molecule has 4 aromatic rings. The number of nitrogens with zero attached hydrogens (tertiary/aromatic N) is 4. The van der Waals surface area contributed by atoms with E-state index >= 15 is 0 Å². The van der Waals surface area contributed by atoms with Gasteiger partial charge in [-0.3, -0.25) is 14.7 Å². The summed E-state index contributed by atoms with van der Waals surface area (Å²) in [6.45, 7) is 6.31. The number of benzene rings is 3. The summed E-state index contributed by atoms with van der Waals surface area (Å²) >= 11 is 1.49. The average Bonchev–Trinajstić information content (AvgIpc) is 3.33. The zero-order valence-electron chi connectivity index (χ0n) is 21.2. The largest absolute Gasteiger partial charge is 0.494 e. The number of aryl methyl sites for hydroxylation is 1. The third-order valence-corrected chi connectivity index (χ3v) is 6.59. The van der Waals surface area contributed by atoms with Crippen molar-refractivity contribution in [2.75, 3.05) is 11.9 Å². The minimum Gasteiger partial charge on any atom is -0.494 e. The van der Waals surface area contributed by atoms with Crippen molar-refractivity contribution in [1.82, 2.24) is 20.1 Å². The average molecular weight is 533 g/mol. The van der Waals surface area contributed by atoms with E-state index in [1.165, 1.54) is 23.9 Å². The van der Waals surface area contributed by atoms with Crippen LogP contribution in [0.2, 0.25) is 0 Å². The molecule has 0 bridgehead atoms. The standard InChI is InChI=1S/C27H28N6O4S/c1-4-37-24-14-8-21(9-15-24)29-26(34)28-19(3)25-30-31-27(38-17-20-7-5-6-18(2)16-20)32(25)22-10-12-23(13-11-22)33(35)36/h5-16,19H,4,17H2,1-3H3,(H2,28,29,34). The van der Waals surface area contributed by atoms with Crippen molar-refractivity contribution in [2.45, 2.75) is 37.7 Å². The predicted octanol–water partition coefficient (Wildman–Crippen LogP) is 6.06. The molecule has 0 aliphatic carbocycles. The topological polar surface area (TPSA) is 124 Å². The molecular weight excluding hydrogens is 504 g/mol. The molecule has 0 spiro atoms. The van der Waals surface area contributed by atoms with Gasteiger partial charge in [-0.1, -0.05) is 41.6 Å². The summed E-state index contributed by atoms with van der Waals surface area (Å²) in [4.78, 5) is 23.4. The molecule has 0 fully saturated rings. The minimum atomic E-state index is -0.520. The minimum absolute atomic E-state index is 0.0155. The van der Waals surface area contributed by atoms with Crippen LogP contribution >= 0.6 is 11.8 Å². The van der Waals surface area contributed by atoms with E-state index in [1.54, 1.807) is 43.3 Å². The highest BCUT2D eigenvalue weighted by molar-refractivity contribution is 7.98. The van der Waals surface area contributed by atoms with E-state index in [0.29, 0.717) is 34.7 Å². The van der Waals surface area contributed by atoms with Gasteiger partial charge >= 0.3 is 6.03 Å². The number of nitro groups is 1. The van der Waals surface area contributed by atoms with Crippen LogP contribution in [0.5, 0.6) is 5.75 Å². The number of carbonyl (C=O) groups excluding carboxylic acids is 1. The first-order valence-electron chi connectivity index (χ1n) is 12.0. The van der Waals surface area contributed by atoms with Gasteiger partial charge in [0.1, 0.15) is 5.75 Å². The van der Waals surface area contributed by atoms with Crippen molar-refractivity contribution < 1.29 is 14.5 Å². The number of hydrogen-bond donors (Lipinski definition) is 2. The zero-order valence-corrected chi connectivity index (χ0v) is 22.1. The van der Waals surface area contributed by atoms with Crippen molar-refractivity contribution in [3.8, 4) is 11.4 Å². The van der Waals surface area contributed by atoms with E-state index in [2.05, 4.69) is 26.9 Å². The SMILES string of the molecule is CCOc1ccc(NC(=O)NC(C)c2nnc(SCc3cccc(C)c3)n2-c2ccc([N+](=O)[O-])cc2)cc1. The number of urea groups is 1. The number of non-ortho nitro benzene ring substituents is 1. The molecule has 1 atom stereocenters. The number of rotatable bonds is 10. The Morgan fingerprint density at radius 1 is 1.11 bits per heavy atom. The highest BCUT2D eigenvalue weighted by Crippen LogP contribution is 2.29. The molecule has 2 amide bonds. The summed E-state index contributed by atoms with van der Waals surface area (Å²) in [5.41, 5.74) is 3.55. The fraction of sp³-hybridized carbons (Fsp3) is 0.222. The Labute approximate surface area is 224 Å². The molecule has 11 heteroatoms. The Morgan fingerprint density at radius 2 is 1.84 bits per heavy atom. The summed E-state index contributed by atoms with van der Waals surface area (Å²) < 4.78 is 7.25. The van der Waals surface area contributed by atoms with E-state index in [9.17, 15) is 14.9 Å².